The third-order valence-electron chi connectivity index (χ3n) is 3.00. The molecule has 2 atom stereocenters. The summed E-state index contributed by atoms with van der Waals surface area (Å²) in [6, 6.07) is 0. The predicted molar refractivity (Wildman–Crippen MR) is 106 cm³/mol. The smallest absolute Gasteiger partial charge is 0.305 e. The zero-order valence-electron chi connectivity index (χ0n) is 13.2. The number of halogens is 3. The van der Waals surface area contributed by atoms with E-state index in [1.165, 1.54) is 7.11 Å². The molecule has 23 heavy (non-hydrogen) atoms. The van der Waals surface area contributed by atoms with E-state index < -0.39 is 6.10 Å². The Kier molecular flexibility index (Phi) is 15.4. The molecule has 0 aromatic heterocycles. The Morgan fingerprint density at radius 1 is 1.35 bits per heavy atom. The Bertz CT molecular complexity index is 450. The molecule has 0 aliphatic carbocycles. The minimum absolute atomic E-state index is 0.213. The second kappa shape index (κ2) is 15.4. The molecule has 0 fully saturated rings. The van der Waals surface area contributed by atoms with Crippen LogP contribution in [-0.4, -0.2) is 29.1 Å². The van der Waals surface area contributed by atoms with Crippen LogP contribution in [0.25, 0.3) is 0 Å². The lowest BCUT2D eigenvalue weighted by atomic mass is 10.1. The molecule has 0 heterocycles. The second-order valence-corrected chi connectivity index (χ2v) is 7.32. The van der Waals surface area contributed by atoms with E-state index in [0.717, 1.165) is 23.7 Å². The van der Waals surface area contributed by atoms with Crippen LogP contribution >= 0.6 is 47.8 Å². The second-order valence-electron chi connectivity index (χ2n) is 4.89. The molecule has 0 spiro atoms. The van der Waals surface area contributed by atoms with Gasteiger partial charge < -0.3 is 9.84 Å². The molecule has 1 N–H and O–H groups in total. The molecule has 0 radical (unpaired) electrons. The van der Waals surface area contributed by atoms with Gasteiger partial charge in [0.1, 0.15) is 4.83 Å². The molecule has 130 valence electrons. The third kappa shape index (κ3) is 14.0. The summed E-state index contributed by atoms with van der Waals surface area (Å²) in [5.41, 5.74) is 0. The molecule has 0 aromatic rings. The van der Waals surface area contributed by atoms with Gasteiger partial charge in [-0.2, -0.15) is 0 Å². The van der Waals surface area contributed by atoms with Crippen molar-refractivity contribution in [3.63, 3.8) is 0 Å². The van der Waals surface area contributed by atoms with Crippen LogP contribution in [0.15, 0.2) is 21.6 Å². The monoisotopic (exact) mass is 512 g/mol. The fourth-order valence-electron chi connectivity index (χ4n) is 1.70. The lowest BCUT2D eigenvalue weighted by Gasteiger charge is -2.11. The summed E-state index contributed by atoms with van der Waals surface area (Å²) in [5.74, 6) is 5.75. The topological polar surface area (TPSA) is 46.5 Å². The number of aliphatic hydroxyl groups excluding tert-OH is 1. The van der Waals surface area contributed by atoms with Crippen molar-refractivity contribution in [1.29, 1.82) is 0 Å². The van der Waals surface area contributed by atoms with Gasteiger partial charge in [-0.3, -0.25) is 4.79 Å². The first-order chi connectivity index (χ1) is 11.0. The number of methoxy groups -OCH3 is 1. The molecule has 0 amide bonds. The number of esters is 1. The highest BCUT2D eigenvalue weighted by atomic mass is 79.9. The maximum absolute atomic E-state index is 10.9. The number of aliphatic hydroxyl groups is 1. The molecule has 6 heteroatoms. The van der Waals surface area contributed by atoms with Crippen LogP contribution in [0.2, 0.25) is 0 Å². The van der Waals surface area contributed by atoms with Gasteiger partial charge in [0, 0.05) is 17.3 Å². The number of allylic oxidation sites excluding steroid dienone is 3. The Morgan fingerprint density at radius 2 is 2.09 bits per heavy atom. The van der Waals surface area contributed by atoms with Crippen molar-refractivity contribution in [3.8, 4) is 11.8 Å². The quantitative estimate of drug-likeness (QED) is 0.143. The minimum Gasteiger partial charge on any atom is -0.469 e. The van der Waals surface area contributed by atoms with Gasteiger partial charge in [0.05, 0.1) is 13.2 Å². The number of hydrogen-bond donors (Lipinski definition) is 1. The fraction of sp³-hybridized carbons (Fsp3) is 0.588. The van der Waals surface area contributed by atoms with Crippen LogP contribution in [0.5, 0.6) is 0 Å². The first-order valence-corrected chi connectivity index (χ1v) is 10.1. The van der Waals surface area contributed by atoms with Crippen molar-refractivity contribution in [1.82, 2.24) is 0 Å². The van der Waals surface area contributed by atoms with Gasteiger partial charge in [0.25, 0.3) is 0 Å². The number of hydrogen-bond acceptors (Lipinski definition) is 3. The van der Waals surface area contributed by atoms with E-state index >= 15 is 0 Å². The highest BCUT2D eigenvalue weighted by molar-refractivity contribution is 9.12. The summed E-state index contributed by atoms with van der Waals surface area (Å²) in [6.07, 6.45) is 8.91. The summed E-state index contributed by atoms with van der Waals surface area (Å²) < 4.78 is 5.61. The lowest BCUT2D eigenvalue weighted by molar-refractivity contribution is -0.140. The molecular weight excluding hydrogens is 492 g/mol. The van der Waals surface area contributed by atoms with Crippen LogP contribution in [0, 0.1) is 11.8 Å². The van der Waals surface area contributed by atoms with Crippen molar-refractivity contribution >= 4 is 53.8 Å². The SMILES string of the molecule is COC(=O)CCCC#C[C@@H](Br)[C@@H](O)CCCC/C=C(Br)/C=C\Br. The number of ether oxygens (including phenoxy) is 1. The van der Waals surface area contributed by atoms with Crippen LogP contribution < -0.4 is 0 Å². The van der Waals surface area contributed by atoms with Crippen molar-refractivity contribution in [2.75, 3.05) is 7.11 Å². The average molecular weight is 515 g/mol. The number of carbonyl (C=O) groups excluding carboxylic acids is 1. The Hall–Kier alpha value is -0.0900. The Morgan fingerprint density at radius 3 is 2.74 bits per heavy atom. The summed E-state index contributed by atoms with van der Waals surface area (Å²) in [7, 11) is 1.38. The van der Waals surface area contributed by atoms with E-state index in [2.05, 4.69) is 70.4 Å². The summed E-state index contributed by atoms with van der Waals surface area (Å²) in [5, 5.41) is 10.0. The van der Waals surface area contributed by atoms with E-state index in [-0.39, 0.29) is 10.8 Å². The van der Waals surface area contributed by atoms with E-state index in [4.69, 9.17) is 0 Å². The van der Waals surface area contributed by atoms with Gasteiger partial charge in [-0.1, -0.05) is 66.2 Å². The van der Waals surface area contributed by atoms with Gasteiger partial charge in [-0.05, 0) is 36.7 Å². The number of alkyl halides is 1. The number of carbonyl (C=O) groups is 1. The molecular formula is C17H23Br3O3. The Labute approximate surface area is 164 Å². The van der Waals surface area contributed by atoms with Crippen molar-refractivity contribution in [2.45, 2.75) is 55.9 Å². The number of unbranched alkanes of at least 4 members (excludes halogenated alkanes) is 3. The van der Waals surface area contributed by atoms with Gasteiger partial charge in [-0.25, -0.2) is 0 Å². The molecule has 0 bridgehead atoms. The number of rotatable bonds is 10. The van der Waals surface area contributed by atoms with E-state index in [9.17, 15) is 9.90 Å². The highest BCUT2D eigenvalue weighted by Gasteiger charge is 2.12. The summed E-state index contributed by atoms with van der Waals surface area (Å²) in [6.45, 7) is 0. The summed E-state index contributed by atoms with van der Waals surface area (Å²) in [4.78, 5) is 12.5. The standard InChI is InChI=1S/C17H23Br3O3/c1-23-17(22)11-7-3-5-9-15(20)16(21)10-6-2-4-8-14(19)12-13-18/h8,12-13,15-16,21H,2-4,6-7,10-11H2,1H3/b13-12-,14-8-/t15-,16+/m1/s1. The first kappa shape index (κ1) is 22.9. The lowest BCUT2D eigenvalue weighted by Crippen LogP contribution is -2.18. The van der Waals surface area contributed by atoms with Gasteiger partial charge >= 0.3 is 5.97 Å². The van der Waals surface area contributed by atoms with Crippen LogP contribution in [0.4, 0.5) is 0 Å². The maximum Gasteiger partial charge on any atom is 0.305 e. The zero-order valence-corrected chi connectivity index (χ0v) is 18.0. The van der Waals surface area contributed by atoms with E-state index in [1.54, 1.807) is 4.99 Å². The average Bonchev–Trinajstić information content (AvgIpc) is 2.53. The Balaban J connectivity index is 3.84. The normalized spacial score (nSPS) is 14.2. The highest BCUT2D eigenvalue weighted by Crippen LogP contribution is 2.15. The van der Waals surface area contributed by atoms with Gasteiger partial charge in [-0.15, -0.1) is 5.92 Å². The molecule has 3 nitrogen and oxygen atoms in total. The predicted octanol–water partition coefficient (Wildman–Crippen LogP) is 5.21. The molecule has 0 saturated carbocycles. The first-order valence-electron chi connectivity index (χ1n) is 7.51. The van der Waals surface area contributed by atoms with E-state index in [1.807, 2.05) is 6.08 Å². The molecule has 0 aliphatic heterocycles. The molecule has 0 aromatic carbocycles. The van der Waals surface area contributed by atoms with Crippen molar-refractivity contribution < 1.29 is 14.6 Å². The molecule has 0 rings (SSSR count). The molecule has 0 aliphatic rings. The molecule has 0 unspecified atom stereocenters. The van der Waals surface area contributed by atoms with E-state index in [0.29, 0.717) is 25.7 Å². The van der Waals surface area contributed by atoms with Gasteiger partial charge in [0.15, 0.2) is 0 Å². The zero-order chi connectivity index (χ0) is 17.5. The maximum atomic E-state index is 10.9. The third-order valence-corrected chi connectivity index (χ3v) is 4.70. The van der Waals surface area contributed by atoms with Gasteiger partial charge in [0.2, 0.25) is 0 Å². The van der Waals surface area contributed by atoms with Crippen LogP contribution in [-0.2, 0) is 9.53 Å². The fourth-order valence-corrected chi connectivity index (χ4v) is 3.13. The van der Waals surface area contributed by atoms with Crippen molar-refractivity contribution in [2.24, 2.45) is 0 Å². The summed E-state index contributed by atoms with van der Waals surface area (Å²) >= 11 is 10.1. The van der Waals surface area contributed by atoms with Crippen molar-refractivity contribution in [3.05, 3.63) is 21.6 Å². The minimum atomic E-state index is -0.474. The van der Waals surface area contributed by atoms with Crippen LogP contribution in [0.1, 0.15) is 44.9 Å². The molecule has 0 saturated heterocycles. The van der Waals surface area contributed by atoms with Crippen LogP contribution in [0.3, 0.4) is 0 Å². The largest absolute Gasteiger partial charge is 0.469 e.